The molecule has 0 spiro atoms. The molecular formula is C51H36N2. The number of benzene rings is 9. The molecule has 9 aromatic carbocycles. The van der Waals surface area contributed by atoms with Crippen molar-refractivity contribution in [3.05, 3.63) is 217 Å². The highest BCUT2D eigenvalue weighted by Crippen LogP contribution is 2.46. The fraction of sp³-hybridized carbons (Fsp3) is 0.0196. The molecule has 250 valence electrons. The SMILES string of the molecule is c1ccc(N(c2ccc(-c3ccc4c(c3)Cc3cc(-c5cccc6ccccc56)ccc3N4c3ccccc3)cc2)c2ccc3ccccc3c2)cc1. The van der Waals surface area contributed by atoms with E-state index in [0.717, 1.165) is 23.5 Å². The summed E-state index contributed by atoms with van der Waals surface area (Å²) in [5.74, 6) is 0. The minimum absolute atomic E-state index is 0.863. The molecule has 0 N–H and O–H groups in total. The molecule has 1 heterocycles. The normalized spacial score (nSPS) is 12.0. The van der Waals surface area contributed by atoms with Gasteiger partial charge in [0.25, 0.3) is 0 Å². The zero-order valence-electron chi connectivity index (χ0n) is 29.2. The molecule has 0 amide bonds. The van der Waals surface area contributed by atoms with Crippen LogP contribution in [0, 0.1) is 0 Å². The van der Waals surface area contributed by atoms with Crippen molar-refractivity contribution in [2.24, 2.45) is 0 Å². The lowest BCUT2D eigenvalue weighted by Crippen LogP contribution is -2.18. The number of nitrogens with zero attached hydrogens (tertiary/aromatic N) is 2. The second-order valence-corrected chi connectivity index (χ2v) is 13.8. The van der Waals surface area contributed by atoms with Crippen LogP contribution >= 0.6 is 0 Å². The van der Waals surface area contributed by atoms with E-state index in [4.69, 9.17) is 0 Å². The predicted octanol–water partition coefficient (Wildman–Crippen LogP) is 14.2. The van der Waals surface area contributed by atoms with Gasteiger partial charge in [-0.15, -0.1) is 0 Å². The van der Waals surface area contributed by atoms with Crippen molar-refractivity contribution in [1.82, 2.24) is 0 Å². The highest BCUT2D eigenvalue weighted by molar-refractivity contribution is 5.98. The Morgan fingerprint density at radius 3 is 1.70 bits per heavy atom. The van der Waals surface area contributed by atoms with Gasteiger partial charge in [0, 0.05) is 40.5 Å². The first kappa shape index (κ1) is 30.9. The lowest BCUT2D eigenvalue weighted by molar-refractivity contribution is 1.09. The summed E-state index contributed by atoms with van der Waals surface area (Å²) in [6.07, 6.45) is 0.863. The molecule has 10 rings (SSSR count). The second kappa shape index (κ2) is 13.0. The summed E-state index contributed by atoms with van der Waals surface area (Å²) >= 11 is 0. The zero-order valence-corrected chi connectivity index (χ0v) is 29.2. The second-order valence-electron chi connectivity index (χ2n) is 13.8. The third kappa shape index (κ3) is 5.62. The standard InChI is InChI=1S/C51H36N2/c1-3-16-44(17-4-1)52(47-29-24-36-12-7-8-14-39(36)35-47)46-27-22-37(23-28-46)40-25-30-50-42(32-40)34-43-33-41(49-21-11-15-38-13-9-10-20-48(38)49)26-31-51(43)53(50)45-18-5-2-6-19-45/h1-33,35H,34H2. The molecule has 0 aromatic heterocycles. The van der Waals surface area contributed by atoms with Gasteiger partial charge in [-0.3, -0.25) is 0 Å². The molecule has 0 atom stereocenters. The van der Waals surface area contributed by atoms with Gasteiger partial charge in [0.1, 0.15) is 0 Å². The van der Waals surface area contributed by atoms with E-state index in [1.165, 1.54) is 72.0 Å². The number of para-hydroxylation sites is 2. The molecule has 0 fully saturated rings. The first-order valence-electron chi connectivity index (χ1n) is 18.3. The van der Waals surface area contributed by atoms with Gasteiger partial charge in [0.15, 0.2) is 0 Å². The Hall–Kier alpha value is -6.90. The van der Waals surface area contributed by atoms with E-state index in [1.807, 2.05) is 0 Å². The molecule has 0 aliphatic carbocycles. The number of rotatable bonds is 6. The van der Waals surface area contributed by atoms with Gasteiger partial charge >= 0.3 is 0 Å². The molecule has 2 heteroatoms. The summed E-state index contributed by atoms with van der Waals surface area (Å²) in [4.78, 5) is 4.76. The van der Waals surface area contributed by atoms with Crippen LogP contribution in [-0.2, 0) is 6.42 Å². The fourth-order valence-corrected chi connectivity index (χ4v) is 8.05. The van der Waals surface area contributed by atoms with Crippen LogP contribution in [0.5, 0.6) is 0 Å². The Labute approximate surface area is 310 Å². The van der Waals surface area contributed by atoms with Crippen LogP contribution in [0.25, 0.3) is 43.8 Å². The fourth-order valence-electron chi connectivity index (χ4n) is 8.05. The number of anilines is 6. The lowest BCUT2D eigenvalue weighted by atomic mass is 9.89. The summed E-state index contributed by atoms with van der Waals surface area (Å²) in [5.41, 5.74) is 14.6. The van der Waals surface area contributed by atoms with Crippen molar-refractivity contribution in [1.29, 1.82) is 0 Å². The van der Waals surface area contributed by atoms with Gasteiger partial charge in [0.05, 0.1) is 0 Å². The lowest BCUT2D eigenvalue weighted by Gasteiger charge is -2.34. The van der Waals surface area contributed by atoms with E-state index >= 15 is 0 Å². The largest absolute Gasteiger partial charge is 0.310 e. The molecule has 1 aliphatic heterocycles. The molecule has 9 aromatic rings. The highest BCUT2D eigenvalue weighted by Gasteiger charge is 2.25. The number of hydrogen-bond donors (Lipinski definition) is 0. The topological polar surface area (TPSA) is 6.48 Å². The van der Waals surface area contributed by atoms with E-state index in [-0.39, 0.29) is 0 Å². The van der Waals surface area contributed by atoms with Gasteiger partial charge < -0.3 is 9.80 Å². The average molecular weight is 677 g/mol. The molecule has 53 heavy (non-hydrogen) atoms. The van der Waals surface area contributed by atoms with Crippen LogP contribution in [0.3, 0.4) is 0 Å². The molecule has 0 saturated heterocycles. The first-order valence-corrected chi connectivity index (χ1v) is 18.3. The van der Waals surface area contributed by atoms with Crippen LogP contribution in [0.15, 0.2) is 206 Å². The van der Waals surface area contributed by atoms with Crippen LogP contribution in [0.2, 0.25) is 0 Å². The minimum atomic E-state index is 0.863. The average Bonchev–Trinajstić information content (AvgIpc) is 3.23. The van der Waals surface area contributed by atoms with Crippen molar-refractivity contribution < 1.29 is 0 Å². The maximum Gasteiger partial charge on any atom is 0.0497 e. The Bertz CT molecular complexity index is 2750. The van der Waals surface area contributed by atoms with Crippen LogP contribution < -0.4 is 9.80 Å². The van der Waals surface area contributed by atoms with E-state index < -0.39 is 0 Å². The van der Waals surface area contributed by atoms with Gasteiger partial charge in [-0.25, -0.2) is 0 Å². The first-order chi connectivity index (χ1) is 26.3. The highest BCUT2D eigenvalue weighted by atomic mass is 15.2. The summed E-state index contributed by atoms with van der Waals surface area (Å²) in [5, 5.41) is 5.01. The molecule has 0 radical (unpaired) electrons. The quantitative estimate of drug-likeness (QED) is 0.173. The summed E-state index contributed by atoms with van der Waals surface area (Å²) in [7, 11) is 0. The third-order valence-electron chi connectivity index (χ3n) is 10.6. The maximum atomic E-state index is 2.43. The smallest absolute Gasteiger partial charge is 0.0497 e. The van der Waals surface area contributed by atoms with Crippen molar-refractivity contribution in [3.8, 4) is 22.3 Å². The molecule has 0 bridgehead atoms. The Morgan fingerprint density at radius 2 is 0.925 bits per heavy atom. The van der Waals surface area contributed by atoms with E-state index in [2.05, 4.69) is 216 Å². The third-order valence-corrected chi connectivity index (χ3v) is 10.6. The summed E-state index contributed by atoms with van der Waals surface area (Å²) < 4.78 is 0. The molecule has 0 unspecified atom stereocenters. The molecule has 0 saturated carbocycles. The zero-order chi connectivity index (χ0) is 35.1. The van der Waals surface area contributed by atoms with Crippen molar-refractivity contribution >= 4 is 55.7 Å². The van der Waals surface area contributed by atoms with E-state index in [0.29, 0.717) is 0 Å². The van der Waals surface area contributed by atoms with Gasteiger partial charge in [-0.1, -0.05) is 133 Å². The Balaban J connectivity index is 1.03. The molecule has 2 nitrogen and oxygen atoms in total. The summed E-state index contributed by atoms with van der Waals surface area (Å²) in [6.45, 7) is 0. The Morgan fingerprint density at radius 1 is 0.358 bits per heavy atom. The Kier molecular flexibility index (Phi) is 7.58. The van der Waals surface area contributed by atoms with E-state index in [9.17, 15) is 0 Å². The number of fused-ring (bicyclic) bond motifs is 4. The van der Waals surface area contributed by atoms with Gasteiger partial charge in [-0.05, 0) is 128 Å². The van der Waals surface area contributed by atoms with Crippen LogP contribution in [0.1, 0.15) is 11.1 Å². The van der Waals surface area contributed by atoms with Crippen molar-refractivity contribution in [2.75, 3.05) is 9.80 Å². The van der Waals surface area contributed by atoms with Crippen LogP contribution in [0.4, 0.5) is 34.1 Å². The van der Waals surface area contributed by atoms with Gasteiger partial charge in [-0.2, -0.15) is 0 Å². The number of hydrogen-bond acceptors (Lipinski definition) is 2. The van der Waals surface area contributed by atoms with Crippen molar-refractivity contribution in [3.63, 3.8) is 0 Å². The predicted molar refractivity (Wildman–Crippen MR) is 224 cm³/mol. The maximum absolute atomic E-state index is 2.43. The van der Waals surface area contributed by atoms with Crippen LogP contribution in [-0.4, -0.2) is 0 Å². The minimum Gasteiger partial charge on any atom is -0.310 e. The summed E-state index contributed by atoms with van der Waals surface area (Å²) in [6, 6.07) is 74.9. The monoisotopic (exact) mass is 676 g/mol. The van der Waals surface area contributed by atoms with Crippen molar-refractivity contribution in [2.45, 2.75) is 6.42 Å². The molecule has 1 aliphatic rings. The molecular weight excluding hydrogens is 641 g/mol. The van der Waals surface area contributed by atoms with E-state index in [1.54, 1.807) is 0 Å². The van der Waals surface area contributed by atoms with Gasteiger partial charge in [0.2, 0.25) is 0 Å².